The number of aliphatic hydroxyl groups is 1. The number of nitrogens with zero attached hydrogens (tertiary/aromatic N) is 1. The molecule has 1 unspecified atom stereocenters. The lowest BCUT2D eigenvalue weighted by Gasteiger charge is -2.29. The number of hydrogen-bond acceptors (Lipinski definition) is 4. The molecule has 0 aliphatic carbocycles. The van der Waals surface area contributed by atoms with Gasteiger partial charge in [-0.3, -0.25) is 4.90 Å². The Bertz CT molecular complexity index is 629. The summed E-state index contributed by atoms with van der Waals surface area (Å²) in [6, 6.07) is 10.7. The first-order chi connectivity index (χ1) is 10.7. The average Bonchev–Trinajstić information content (AvgIpc) is 2.55. The van der Waals surface area contributed by atoms with Crippen molar-refractivity contribution in [3.8, 4) is 5.75 Å². The molecule has 118 valence electrons. The molecule has 1 aliphatic heterocycles. The number of fused-ring (bicyclic) bond motifs is 1. The average molecular weight is 304 g/mol. The molecule has 1 saturated heterocycles. The minimum absolute atomic E-state index is 0.0964. The lowest BCUT2D eigenvalue weighted by molar-refractivity contribution is 0.0629. The minimum Gasteiger partial charge on any atom is -0.488 e. The fraction of sp³-hybridized carbons (Fsp3) is 0.412. The van der Waals surface area contributed by atoms with Gasteiger partial charge in [0.05, 0.1) is 0 Å². The van der Waals surface area contributed by atoms with Crippen molar-refractivity contribution in [3.05, 3.63) is 42.2 Å². The van der Waals surface area contributed by atoms with Gasteiger partial charge in [-0.25, -0.2) is 4.39 Å². The molecule has 1 fully saturated rings. The van der Waals surface area contributed by atoms with Crippen LogP contribution in [-0.4, -0.2) is 55.4 Å². The van der Waals surface area contributed by atoms with Crippen molar-refractivity contribution in [2.24, 2.45) is 0 Å². The molecule has 5 heteroatoms. The SMILES string of the molecule is OC(COc1ccc2ccccc2c1F)CN1CCNCC1. The molecule has 1 atom stereocenters. The third kappa shape index (κ3) is 3.55. The van der Waals surface area contributed by atoms with Crippen molar-refractivity contribution in [1.82, 2.24) is 10.2 Å². The molecule has 22 heavy (non-hydrogen) atoms. The number of halogens is 1. The van der Waals surface area contributed by atoms with Crippen LogP contribution in [-0.2, 0) is 0 Å². The van der Waals surface area contributed by atoms with Crippen LogP contribution in [0.2, 0.25) is 0 Å². The Morgan fingerprint density at radius 1 is 1.18 bits per heavy atom. The van der Waals surface area contributed by atoms with Gasteiger partial charge in [-0.1, -0.05) is 30.3 Å². The predicted molar refractivity (Wildman–Crippen MR) is 84.7 cm³/mol. The monoisotopic (exact) mass is 304 g/mol. The normalized spacial score (nSPS) is 17.5. The molecule has 2 aromatic rings. The zero-order valence-corrected chi connectivity index (χ0v) is 12.5. The summed E-state index contributed by atoms with van der Waals surface area (Å²) in [5, 5.41) is 14.7. The van der Waals surface area contributed by atoms with E-state index in [4.69, 9.17) is 4.74 Å². The highest BCUT2D eigenvalue weighted by Gasteiger charge is 2.16. The van der Waals surface area contributed by atoms with E-state index in [1.165, 1.54) is 0 Å². The van der Waals surface area contributed by atoms with Gasteiger partial charge in [0.2, 0.25) is 0 Å². The second-order valence-corrected chi connectivity index (χ2v) is 5.61. The van der Waals surface area contributed by atoms with Crippen LogP contribution < -0.4 is 10.1 Å². The Kier molecular flexibility index (Phi) is 4.87. The first-order valence-electron chi connectivity index (χ1n) is 7.65. The van der Waals surface area contributed by atoms with Gasteiger partial charge >= 0.3 is 0 Å². The van der Waals surface area contributed by atoms with Crippen LogP contribution in [0.15, 0.2) is 36.4 Å². The summed E-state index contributed by atoms with van der Waals surface area (Å²) in [5.74, 6) is -0.175. The number of β-amino-alcohol motifs (C(OH)–C–C–N with tert-alkyl or cyclic N) is 1. The molecule has 0 radical (unpaired) electrons. The smallest absolute Gasteiger partial charge is 0.172 e. The Morgan fingerprint density at radius 2 is 1.95 bits per heavy atom. The molecule has 2 N–H and O–H groups in total. The Balaban J connectivity index is 1.60. The van der Waals surface area contributed by atoms with E-state index >= 15 is 0 Å². The van der Waals surface area contributed by atoms with Crippen molar-refractivity contribution in [1.29, 1.82) is 0 Å². The van der Waals surface area contributed by atoms with E-state index in [2.05, 4.69) is 10.2 Å². The van der Waals surface area contributed by atoms with Gasteiger partial charge in [0.25, 0.3) is 0 Å². The van der Waals surface area contributed by atoms with Crippen LogP contribution in [0.25, 0.3) is 10.8 Å². The van der Waals surface area contributed by atoms with Crippen LogP contribution in [0, 0.1) is 5.82 Å². The molecule has 3 rings (SSSR count). The topological polar surface area (TPSA) is 44.7 Å². The third-order valence-corrected chi connectivity index (χ3v) is 3.94. The molecular weight excluding hydrogens is 283 g/mol. The number of aliphatic hydroxyl groups excluding tert-OH is 1. The van der Waals surface area contributed by atoms with Crippen molar-refractivity contribution in [2.45, 2.75) is 6.10 Å². The van der Waals surface area contributed by atoms with Gasteiger partial charge < -0.3 is 15.2 Å². The summed E-state index contributed by atoms with van der Waals surface area (Å²) in [6.07, 6.45) is -0.621. The molecule has 0 saturated carbocycles. The van der Waals surface area contributed by atoms with Crippen LogP contribution in [0.5, 0.6) is 5.75 Å². The first-order valence-corrected chi connectivity index (χ1v) is 7.65. The maximum atomic E-state index is 14.4. The first kappa shape index (κ1) is 15.2. The molecule has 4 nitrogen and oxygen atoms in total. The molecule has 2 aromatic carbocycles. The van der Waals surface area contributed by atoms with Gasteiger partial charge in [0, 0.05) is 38.1 Å². The summed E-state index contributed by atoms with van der Waals surface area (Å²) in [5.41, 5.74) is 0. The van der Waals surface area contributed by atoms with E-state index in [-0.39, 0.29) is 18.2 Å². The zero-order chi connectivity index (χ0) is 15.4. The van der Waals surface area contributed by atoms with E-state index in [9.17, 15) is 9.50 Å². The van der Waals surface area contributed by atoms with Crippen LogP contribution in [0.3, 0.4) is 0 Å². The van der Waals surface area contributed by atoms with Crippen molar-refractivity contribution >= 4 is 10.8 Å². The highest BCUT2D eigenvalue weighted by Crippen LogP contribution is 2.26. The highest BCUT2D eigenvalue weighted by atomic mass is 19.1. The molecule has 1 heterocycles. The fourth-order valence-electron chi connectivity index (χ4n) is 2.76. The molecule has 0 aromatic heterocycles. The number of ether oxygens (including phenoxy) is 1. The largest absolute Gasteiger partial charge is 0.488 e. The Labute approximate surface area is 129 Å². The van der Waals surface area contributed by atoms with E-state index in [1.807, 2.05) is 18.2 Å². The van der Waals surface area contributed by atoms with Gasteiger partial charge in [-0.05, 0) is 11.5 Å². The van der Waals surface area contributed by atoms with Gasteiger partial charge in [0.15, 0.2) is 11.6 Å². The van der Waals surface area contributed by atoms with Crippen LogP contribution in [0.4, 0.5) is 4.39 Å². The quantitative estimate of drug-likeness (QED) is 0.881. The molecule has 0 bridgehead atoms. The summed E-state index contributed by atoms with van der Waals surface area (Å²) in [6.45, 7) is 4.36. The zero-order valence-electron chi connectivity index (χ0n) is 12.5. The lowest BCUT2D eigenvalue weighted by atomic mass is 10.1. The van der Waals surface area contributed by atoms with E-state index in [0.29, 0.717) is 11.9 Å². The summed E-state index contributed by atoms with van der Waals surface area (Å²) < 4.78 is 19.8. The fourth-order valence-corrected chi connectivity index (χ4v) is 2.76. The maximum Gasteiger partial charge on any atom is 0.172 e. The number of nitrogens with one attached hydrogen (secondary N) is 1. The minimum atomic E-state index is -0.621. The van der Waals surface area contributed by atoms with Crippen LogP contribution >= 0.6 is 0 Å². The molecule has 1 aliphatic rings. The number of rotatable bonds is 5. The van der Waals surface area contributed by atoms with Gasteiger partial charge in [-0.15, -0.1) is 0 Å². The lowest BCUT2D eigenvalue weighted by Crippen LogP contribution is -2.47. The standard InChI is InChI=1S/C17H21FN2O2/c18-17-15-4-2-1-3-13(15)5-6-16(17)22-12-14(21)11-20-9-7-19-8-10-20/h1-6,14,19,21H,7-12H2. The predicted octanol–water partition coefficient (Wildman–Crippen LogP) is 1.62. The van der Waals surface area contributed by atoms with E-state index in [0.717, 1.165) is 31.6 Å². The summed E-state index contributed by atoms with van der Waals surface area (Å²) >= 11 is 0. The summed E-state index contributed by atoms with van der Waals surface area (Å²) in [7, 11) is 0. The Hall–Kier alpha value is -1.69. The van der Waals surface area contributed by atoms with E-state index < -0.39 is 6.10 Å². The van der Waals surface area contributed by atoms with Gasteiger partial charge in [-0.2, -0.15) is 0 Å². The second-order valence-electron chi connectivity index (χ2n) is 5.61. The van der Waals surface area contributed by atoms with E-state index in [1.54, 1.807) is 18.2 Å². The number of piperazine rings is 1. The third-order valence-electron chi connectivity index (χ3n) is 3.94. The maximum absolute atomic E-state index is 14.4. The van der Waals surface area contributed by atoms with Crippen molar-refractivity contribution < 1.29 is 14.2 Å². The van der Waals surface area contributed by atoms with Crippen LogP contribution in [0.1, 0.15) is 0 Å². The van der Waals surface area contributed by atoms with Crippen molar-refractivity contribution in [3.63, 3.8) is 0 Å². The molecular formula is C17H21FN2O2. The molecule has 0 spiro atoms. The number of hydrogen-bond donors (Lipinski definition) is 2. The number of benzene rings is 2. The second kappa shape index (κ2) is 7.05. The summed E-state index contributed by atoms with van der Waals surface area (Å²) in [4.78, 5) is 2.18. The van der Waals surface area contributed by atoms with Gasteiger partial charge in [0.1, 0.15) is 12.7 Å². The Morgan fingerprint density at radius 3 is 2.77 bits per heavy atom. The van der Waals surface area contributed by atoms with Crippen molar-refractivity contribution in [2.75, 3.05) is 39.3 Å². The molecule has 0 amide bonds. The highest BCUT2D eigenvalue weighted by molar-refractivity contribution is 5.84.